The number of nitrogens with zero attached hydrogens (tertiary/aromatic N) is 1. The second-order valence-corrected chi connectivity index (χ2v) is 5.70. The molecule has 1 N–H and O–H groups in total. The predicted octanol–water partition coefficient (Wildman–Crippen LogP) is 3.61. The van der Waals surface area contributed by atoms with E-state index in [1.165, 1.54) is 5.56 Å². The Morgan fingerprint density at radius 3 is 2.24 bits per heavy atom. The van der Waals surface area contributed by atoms with E-state index in [2.05, 4.69) is 17.5 Å². The Morgan fingerprint density at radius 1 is 1.00 bits per heavy atom. The zero-order valence-electron chi connectivity index (χ0n) is 15.1. The summed E-state index contributed by atoms with van der Waals surface area (Å²) in [5.74, 6) is 1.15. The second-order valence-electron chi connectivity index (χ2n) is 5.70. The first-order valence-corrected chi connectivity index (χ1v) is 8.20. The van der Waals surface area contributed by atoms with E-state index in [4.69, 9.17) is 9.47 Å². The number of hydrazone groups is 1. The van der Waals surface area contributed by atoms with Crippen LogP contribution < -0.4 is 14.9 Å². The van der Waals surface area contributed by atoms with Crippen molar-refractivity contribution in [1.82, 2.24) is 5.43 Å². The van der Waals surface area contributed by atoms with Gasteiger partial charge in [0, 0.05) is 17.7 Å². The number of aryl methyl sites for hydroxylation is 1. The second kappa shape index (κ2) is 8.87. The van der Waals surface area contributed by atoms with Crippen molar-refractivity contribution in [3.8, 4) is 11.5 Å². The molecule has 0 fully saturated rings. The lowest BCUT2D eigenvalue weighted by Crippen LogP contribution is -2.19. The highest BCUT2D eigenvalue weighted by atomic mass is 16.5. The number of nitrogens with one attached hydrogen (secondary N) is 1. The van der Waals surface area contributed by atoms with Crippen molar-refractivity contribution in [2.45, 2.75) is 26.7 Å². The fourth-order valence-electron chi connectivity index (χ4n) is 2.43. The highest BCUT2D eigenvalue weighted by Gasteiger charge is 2.07. The van der Waals surface area contributed by atoms with E-state index in [1.54, 1.807) is 14.2 Å². The summed E-state index contributed by atoms with van der Waals surface area (Å²) >= 11 is 0. The molecule has 5 heteroatoms. The lowest BCUT2D eigenvalue weighted by molar-refractivity contribution is 0.0954. The SMILES string of the molecule is CCc1ccc(C(=O)N/N=C(/C)Cc2ccc(OC)c(OC)c2)cc1. The summed E-state index contributed by atoms with van der Waals surface area (Å²) in [6.07, 6.45) is 1.56. The highest BCUT2D eigenvalue weighted by Crippen LogP contribution is 2.27. The van der Waals surface area contributed by atoms with Crippen LogP contribution in [0.25, 0.3) is 0 Å². The number of amides is 1. The van der Waals surface area contributed by atoms with E-state index < -0.39 is 0 Å². The Labute approximate surface area is 148 Å². The molecule has 0 radical (unpaired) electrons. The van der Waals surface area contributed by atoms with Gasteiger partial charge in [0.1, 0.15) is 0 Å². The molecule has 0 aliphatic heterocycles. The quantitative estimate of drug-likeness (QED) is 0.619. The first-order valence-electron chi connectivity index (χ1n) is 8.20. The number of hydrogen-bond acceptors (Lipinski definition) is 4. The monoisotopic (exact) mass is 340 g/mol. The van der Waals surface area contributed by atoms with Gasteiger partial charge in [0.05, 0.1) is 14.2 Å². The molecule has 25 heavy (non-hydrogen) atoms. The van der Waals surface area contributed by atoms with E-state index in [0.717, 1.165) is 17.7 Å². The summed E-state index contributed by atoms with van der Waals surface area (Å²) in [5.41, 5.74) is 6.22. The molecule has 2 rings (SSSR count). The van der Waals surface area contributed by atoms with Crippen LogP contribution in [-0.2, 0) is 12.8 Å². The Kier molecular flexibility index (Phi) is 6.57. The molecule has 0 saturated carbocycles. The average molecular weight is 340 g/mol. The molecule has 5 nitrogen and oxygen atoms in total. The lowest BCUT2D eigenvalue weighted by atomic mass is 10.1. The van der Waals surface area contributed by atoms with Gasteiger partial charge < -0.3 is 9.47 Å². The highest BCUT2D eigenvalue weighted by molar-refractivity contribution is 5.95. The van der Waals surface area contributed by atoms with Gasteiger partial charge >= 0.3 is 0 Å². The van der Waals surface area contributed by atoms with Gasteiger partial charge in [-0.3, -0.25) is 4.79 Å². The molecule has 1 amide bonds. The van der Waals surface area contributed by atoms with Crippen molar-refractivity contribution in [2.24, 2.45) is 5.10 Å². The van der Waals surface area contributed by atoms with E-state index in [9.17, 15) is 4.79 Å². The van der Waals surface area contributed by atoms with Crippen LogP contribution in [0.2, 0.25) is 0 Å². The van der Waals surface area contributed by atoms with Crippen LogP contribution in [0.1, 0.15) is 35.3 Å². The number of carbonyl (C=O) groups excluding carboxylic acids is 1. The van der Waals surface area contributed by atoms with Crippen molar-refractivity contribution in [3.05, 3.63) is 59.2 Å². The zero-order valence-corrected chi connectivity index (χ0v) is 15.1. The Hall–Kier alpha value is -2.82. The fraction of sp³-hybridized carbons (Fsp3) is 0.300. The minimum Gasteiger partial charge on any atom is -0.493 e. The van der Waals surface area contributed by atoms with Gasteiger partial charge in [0.15, 0.2) is 11.5 Å². The van der Waals surface area contributed by atoms with Gasteiger partial charge in [-0.15, -0.1) is 0 Å². The maximum absolute atomic E-state index is 12.1. The first kappa shape index (κ1) is 18.5. The number of ether oxygens (including phenoxy) is 2. The summed E-state index contributed by atoms with van der Waals surface area (Å²) in [6, 6.07) is 13.2. The molecular formula is C20H24N2O3. The van der Waals surface area contributed by atoms with E-state index in [-0.39, 0.29) is 5.91 Å². The maximum atomic E-state index is 12.1. The van der Waals surface area contributed by atoms with Crippen LogP contribution in [0.5, 0.6) is 11.5 Å². The number of rotatable bonds is 7. The summed E-state index contributed by atoms with van der Waals surface area (Å²) in [5, 5.41) is 4.18. The normalized spacial score (nSPS) is 11.1. The van der Waals surface area contributed by atoms with Crippen LogP contribution in [0.15, 0.2) is 47.6 Å². The van der Waals surface area contributed by atoms with Crippen LogP contribution in [0, 0.1) is 0 Å². The summed E-state index contributed by atoms with van der Waals surface area (Å²) < 4.78 is 10.5. The van der Waals surface area contributed by atoms with Crippen molar-refractivity contribution in [2.75, 3.05) is 14.2 Å². The minimum absolute atomic E-state index is 0.214. The molecule has 0 aliphatic rings. The third-order valence-corrected chi connectivity index (χ3v) is 3.88. The molecule has 0 saturated heterocycles. The van der Waals surface area contributed by atoms with Crippen molar-refractivity contribution in [1.29, 1.82) is 0 Å². The minimum atomic E-state index is -0.214. The van der Waals surface area contributed by atoms with Gasteiger partial charge in [-0.25, -0.2) is 5.43 Å². The molecule has 0 unspecified atom stereocenters. The van der Waals surface area contributed by atoms with Crippen LogP contribution in [0.3, 0.4) is 0 Å². The molecule has 132 valence electrons. The first-order chi connectivity index (χ1) is 12.1. The third-order valence-electron chi connectivity index (χ3n) is 3.88. The standard InChI is InChI=1S/C20H24N2O3/c1-5-15-6-9-17(10-7-15)20(23)22-21-14(2)12-16-8-11-18(24-3)19(13-16)25-4/h6-11,13H,5,12H2,1-4H3,(H,22,23)/b21-14-. The Morgan fingerprint density at radius 2 is 1.64 bits per heavy atom. The molecule has 0 bridgehead atoms. The molecule has 0 aliphatic carbocycles. The predicted molar refractivity (Wildman–Crippen MR) is 99.6 cm³/mol. The van der Waals surface area contributed by atoms with Crippen LogP contribution in [0.4, 0.5) is 0 Å². The van der Waals surface area contributed by atoms with E-state index >= 15 is 0 Å². The topological polar surface area (TPSA) is 59.9 Å². The average Bonchev–Trinajstić information content (AvgIpc) is 2.66. The van der Waals surface area contributed by atoms with Crippen molar-refractivity contribution < 1.29 is 14.3 Å². The van der Waals surface area contributed by atoms with E-state index in [1.807, 2.05) is 49.4 Å². The Bertz CT molecular complexity index is 752. The molecule has 2 aromatic rings. The van der Waals surface area contributed by atoms with Crippen LogP contribution in [-0.4, -0.2) is 25.8 Å². The van der Waals surface area contributed by atoms with Crippen molar-refractivity contribution >= 4 is 11.6 Å². The molecule has 0 atom stereocenters. The summed E-state index contributed by atoms with van der Waals surface area (Å²) in [7, 11) is 3.21. The van der Waals surface area contributed by atoms with Crippen LogP contribution >= 0.6 is 0 Å². The molecular weight excluding hydrogens is 316 g/mol. The lowest BCUT2D eigenvalue weighted by Gasteiger charge is -2.09. The zero-order chi connectivity index (χ0) is 18.2. The molecule has 0 heterocycles. The molecule has 0 spiro atoms. The van der Waals surface area contributed by atoms with Gasteiger partial charge in [0.2, 0.25) is 0 Å². The molecule has 2 aromatic carbocycles. The van der Waals surface area contributed by atoms with E-state index in [0.29, 0.717) is 23.5 Å². The third kappa shape index (κ3) is 5.08. The van der Waals surface area contributed by atoms with Crippen molar-refractivity contribution in [3.63, 3.8) is 0 Å². The number of carbonyl (C=O) groups is 1. The summed E-state index contributed by atoms with van der Waals surface area (Å²) in [4.78, 5) is 12.1. The Balaban J connectivity index is 2.00. The van der Waals surface area contributed by atoms with Gasteiger partial charge in [-0.05, 0) is 48.7 Å². The van der Waals surface area contributed by atoms with Gasteiger partial charge in [-0.1, -0.05) is 25.1 Å². The van der Waals surface area contributed by atoms with Gasteiger partial charge in [0.25, 0.3) is 5.91 Å². The number of hydrogen-bond donors (Lipinski definition) is 1. The molecule has 0 aromatic heterocycles. The smallest absolute Gasteiger partial charge is 0.271 e. The summed E-state index contributed by atoms with van der Waals surface area (Å²) in [6.45, 7) is 3.95. The fourth-order valence-corrected chi connectivity index (χ4v) is 2.43. The largest absolute Gasteiger partial charge is 0.493 e. The van der Waals surface area contributed by atoms with Gasteiger partial charge in [-0.2, -0.15) is 5.10 Å². The number of methoxy groups -OCH3 is 2. The number of benzene rings is 2. The maximum Gasteiger partial charge on any atom is 0.271 e.